The second-order valence-corrected chi connectivity index (χ2v) is 5.79. The van der Waals surface area contributed by atoms with Gasteiger partial charge in [-0.15, -0.1) is 11.3 Å². The zero-order valence-electron chi connectivity index (χ0n) is 10.8. The van der Waals surface area contributed by atoms with Crippen molar-refractivity contribution in [1.82, 2.24) is 0 Å². The van der Waals surface area contributed by atoms with Crippen LogP contribution >= 0.6 is 11.3 Å². The molecule has 1 unspecified atom stereocenters. The van der Waals surface area contributed by atoms with E-state index in [0.717, 1.165) is 16.2 Å². The predicted molar refractivity (Wildman–Crippen MR) is 77.3 cm³/mol. The maximum Gasteiger partial charge on any atom is 0.416 e. The van der Waals surface area contributed by atoms with Crippen LogP contribution in [0.2, 0.25) is 0 Å². The molecule has 0 aliphatic heterocycles. The quantitative estimate of drug-likeness (QED) is 0.706. The van der Waals surface area contributed by atoms with Crippen molar-refractivity contribution in [3.05, 3.63) is 70.6 Å². The number of rotatable bonds is 2. The first-order valence-electron chi connectivity index (χ1n) is 6.29. The van der Waals surface area contributed by atoms with Crippen molar-refractivity contribution in [2.24, 2.45) is 0 Å². The second kappa shape index (κ2) is 5.16. The summed E-state index contributed by atoms with van der Waals surface area (Å²) < 4.78 is 40.0. The van der Waals surface area contributed by atoms with Gasteiger partial charge < -0.3 is 5.11 Å². The fourth-order valence-electron chi connectivity index (χ4n) is 2.28. The smallest absolute Gasteiger partial charge is 0.383 e. The number of fused-ring (bicyclic) bond motifs is 1. The molecule has 0 aliphatic carbocycles. The Kier molecular flexibility index (Phi) is 3.47. The van der Waals surface area contributed by atoms with Crippen LogP contribution in [0.5, 0.6) is 0 Å². The van der Waals surface area contributed by atoms with Crippen molar-refractivity contribution < 1.29 is 18.3 Å². The summed E-state index contributed by atoms with van der Waals surface area (Å²) in [4.78, 5) is 0.507. The predicted octanol–water partition coefficient (Wildman–Crippen LogP) is 5.00. The lowest BCUT2D eigenvalue weighted by molar-refractivity contribution is -0.138. The molecule has 1 N–H and O–H groups in total. The Labute approximate surface area is 123 Å². The molecule has 1 nitrogen and oxygen atoms in total. The Balaban J connectivity index is 2.08. The highest BCUT2D eigenvalue weighted by atomic mass is 32.1. The average Bonchev–Trinajstić information content (AvgIpc) is 2.89. The van der Waals surface area contributed by atoms with Crippen molar-refractivity contribution in [2.75, 3.05) is 0 Å². The van der Waals surface area contributed by atoms with Crippen LogP contribution in [-0.4, -0.2) is 5.11 Å². The molecule has 0 aliphatic rings. The Bertz CT molecular complexity index is 743. The molecule has 108 valence electrons. The molecular formula is C16H11F3OS. The van der Waals surface area contributed by atoms with E-state index in [4.69, 9.17) is 0 Å². The van der Waals surface area contributed by atoms with Crippen LogP contribution in [0.25, 0.3) is 10.1 Å². The monoisotopic (exact) mass is 308 g/mol. The molecule has 2 aromatic carbocycles. The van der Waals surface area contributed by atoms with Crippen LogP contribution in [0, 0.1) is 0 Å². The minimum absolute atomic E-state index is 0.114. The molecule has 0 bridgehead atoms. The number of halogens is 3. The van der Waals surface area contributed by atoms with Crippen molar-refractivity contribution in [3.8, 4) is 0 Å². The molecule has 0 saturated carbocycles. The standard InChI is InChI=1S/C16H11F3OS/c17-16(18,19)12-7-3-2-6-11(12)15(20)14-9-10-5-1-4-8-13(10)21-14/h1-9,15,20H. The molecule has 0 radical (unpaired) electrons. The summed E-state index contributed by atoms with van der Waals surface area (Å²) >= 11 is 1.30. The number of hydrogen-bond donors (Lipinski definition) is 1. The SMILES string of the molecule is OC(c1cc2ccccc2s1)c1ccccc1C(F)(F)F. The van der Waals surface area contributed by atoms with Gasteiger partial charge in [-0.25, -0.2) is 0 Å². The van der Waals surface area contributed by atoms with E-state index in [0.29, 0.717) is 4.88 Å². The summed E-state index contributed by atoms with van der Waals surface area (Å²) in [6.07, 6.45) is -5.76. The molecule has 0 amide bonds. The van der Waals surface area contributed by atoms with Crippen LogP contribution in [0.3, 0.4) is 0 Å². The Morgan fingerprint density at radius 3 is 2.33 bits per heavy atom. The molecule has 21 heavy (non-hydrogen) atoms. The Morgan fingerprint density at radius 1 is 0.952 bits per heavy atom. The number of aliphatic hydroxyl groups excluding tert-OH is 1. The van der Waals surface area contributed by atoms with E-state index in [2.05, 4.69) is 0 Å². The summed E-state index contributed by atoms with van der Waals surface area (Å²) in [6.45, 7) is 0. The van der Waals surface area contributed by atoms with Gasteiger partial charge in [0.15, 0.2) is 0 Å². The average molecular weight is 308 g/mol. The van der Waals surface area contributed by atoms with Crippen LogP contribution in [0.15, 0.2) is 54.6 Å². The molecule has 0 saturated heterocycles. The minimum Gasteiger partial charge on any atom is -0.383 e. The van der Waals surface area contributed by atoms with E-state index in [1.54, 1.807) is 6.07 Å². The molecule has 0 spiro atoms. The largest absolute Gasteiger partial charge is 0.416 e. The third-order valence-corrected chi connectivity index (χ3v) is 4.44. The van der Waals surface area contributed by atoms with Gasteiger partial charge in [0.1, 0.15) is 6.10 Å². The van der Waals surface area contributed by atoms with Gasteiger partial charge in [-0.1, -0.05) is 36.4 Å². The zero-order chi connectivity index (χ0) is 15.0. The van der Waals surface area contributed by atoms with Crippen LogP contribution < -0.4 is 0 Å². The number of aliphatic hydroxyl groups is 1. The molecule has 1 atom stereocenters. The highest BCUT2D eigenvalue weighted by molar-refractivity contribution is 7.19. The zero-order valence-corrected chi connectivity index (χ0v) is 11.6. The van der Waals surface area contributed by atoms with E-state index in [1.165, 1.54) is 29.5 Å². The van der Waals surface area contributed by atoms with E-state index in [-0.39, 0.29) is 5.56 Å². The van der Waals surface area contributed by atoms with Gasteiger partial charge in [-0.3, -0.25) is 0 Å². The molecule has 5 heteroatoms. The first-order chi connectivity index (χ1) is 9.97. The summed E-state index contributed by atoms with van der Waals surface area (Å²) in [5.74, 6) is 0. The van der Waals surface area contributed by atoms with Crippen LogP contribution in [-0.2, 0) is 6.18 Å². The number of hydrogen-bond acceptors (Lipinski definition) is 2. The number of alkyl halides is 3. The third kappa shape index (κ3) is 2.66. The topological polar surface area (TPSA) is 20.2 Å². The molecule has 1 aromatic heterocycles. The van der Waals surface area contributed by atoms with Crippen molar-refractivity contribution in [2.45, 2.75) is 12.3 Å². The molecule has 3 rings (SSSR count). The highest BCUT2D eigenvalue weighted by Crippen LogP contribution is 2.39. The maximum absolute atomic E-state index is 13.0. The van der Waals surface area contributed by atoms with Crippen LogP contribution in [0.1, 0.15) is 22.1 Å². The van der Waals surface area contributed by atoms with Gasteiger partial charge in [0.25, 0.3) is 0 Å². The maximum atomic E-state index is 13.0. The van der Waals surface area contributed by atoms with Gasteiger partial charge in [0.2, 0.25) is 0 Å². The normalized spacial score (nSPS) is 13.5. The van der Waals surface area contributed by atoms with Gasteiger partial charge in [-0.2, -0.15) is 13.2 Å². The summed E-state index contributed by atoms with van der Waals surface area (Å²) in [5, 5.41) is 11.3. The van der Waals surface area contributed by atoms with Gasteiger partial charge in [0.05, 0.1) is 5.56 Å². The first-order valence-corrected chi connectivity index (χ1v) is 7.11. The molecular weight excluding hydrogens is 297 g/mol. The van der Waals surface area contributed by atoms with Gasteiger partial charge >= 0.3 is 6.18 Å². The Hall–Kier alpha value is -1.85. The molecule has 0 fully saturated rings. The summed E-state index contributed by atoms with van der Waals surface area (Å²) in [6, 6.07) is 14.3. The minimum atomic E-state index is -4.48. The Morgan fingerprint density at radius 2 is 1.62 bits per heavy atom. The first kappa shape index (κ1) is 14.1. The van der Waals surface area contributed by atoms with Gasteiger partial charge in [0, 0.05) is 9.58 Å². The summed E-state index contributed by atoms with van der Waals surface area (Å²) in [7, 11) is 0. The van der Waals surface area contributed by atoms with E-state index in [1.807, 2.05) is 24.3 Å². The number of benzene rings is 2. The third-order valence-electron chi connectivity index (χ3n) is 3.27. The van der Waals surface area contributed by atoms with Crippen LogP contribution in [0.4, 0.5) is 13.2 Å². The van der Waals surface area contributed by atoms with E-state index >= 15 is 0 Å². The van der Waals surface area contributed by atoms with E-state index in [9.17, 15) is 18.3 Å². The fourth-order valence-corrected chi connectivity index (χ4v) is 3.35. The molecule has 1 heterocycles. The highest BCUT2D eigenvalue weighted by Gasteiger charge is 2.35. The van der Waals surface area contributed by atoms with Crippen molar-refractivity contribution >= 4 is 21.4 Å². The van der Waals surface area contributed by atoms with E-state index < -0.39 is 17.8 Å². The number of thiophene rings is 1. The van der Waals surface area contributed by atoms with Crippen molar-refractivity contribution in [3.63, 3.8) is 0 Å². The second-order valence-electron chi connectivity index (χ2n) is 4.67. The lowest BCUT2D eigenvalue weighted by Gasteiger charge is -2.16. The van der Waals surface area contributed by atoms with Gasteiger partial charge in [-0.05, 0) is 29.1 Å². The lowest BCUT2D eigenvalue weighted by atomic mass is 10.0. The molecule has 3 aromatic rings. The summed E-state index contributed by atoms with van der Waals surface area (Å²) in [5.41, 5.74) is -0.911. The fraction of sp³-hybridized carbons (Fsp3) is 0.125. The van der Waals surface area contributed by atoms with Crippen molar-refractivity contribution in [1.29, 1.82) is 0 Å². The lowest BCUT2D eigenvalue weighted by Crippen LogP contribution is -2.11.